The highest BCUT2D eigenvalue weighted by Gasteiger charge is 2.23. The first-order chi connectivity index (χ1) is 6.29. The molecule has 1 heterocycles. The van der Waals surface area contributed by atoms with Crippen LogP contribution in [-0.4, -0.2) is 15.3 Å². The number of rotatable bonds is 1. The van der Waals surface area contributed by atoms with Gasteiger partial charge >= 0.3 is 0 Å². The molecule has 0 amide bonds. The summed E-state index contributed by atoms with van der Waals surface area (Å²) in [6, 6.07) is 7.77. The van der Waals surface area contributed by atoms with Crippen molar-refractivity contribution in [1.82, 2.24) is 5.32 Å². The van der Waals surface area contributed by atoms with Gasteiger partial charge in [0.1, 0.15) is 5.37 Å². The van der Waals surface area contributed by atoms with Crippen LogP contribution in [0.25, 0.3) is 0 Å². The van der Waals surface area contributed by atoms with Crippen LogP contribution in [0.15, 0.2) is 24.3 Å². The van der Waals surface area contributed by atoms with Crippen LogP contribution in [0.4, 0.5) is 0 Å². The summed E-state index contributed by atoms with van der Waals surface area (Å²) in [4.78, 5) is 0. The van der Waals surface area contributed by atoms with Crippen molar-refractivity contribution in [2.24, 2.45) is 0 Å². The molecule has 1 aromatic rings. The third-order valence-electron chi connectivity index (χ3n) is 2.26. The number of fused-ring (bicyclic) bond motifs is 1. The van der Waals surface area contributed by atoms with Crippen LogP contribution in [0, 0.1) is 0 Å². The normalized spacial score (nSPS) is 23.6. The Morgan fingerprint density at radius 1 is 1.46 bits per heavy atom. The summed E-state index contributed by atoms with van der Waals surface area (Å²) in [6.45, 7) is 0.772. The van der Waals surface area contributed by atoms with Crippen molar-refractivity contribution in [2.75, 3.05) is 6.54 Å². The lowest BCUT2D eigenvalue weighted by Crippen LogP contribution is -2.32. The third-order valence-corrected chi connectivity index (χ3v) is 3.09. The highest BCUT2D eigenvalue weighted by atomic mass is 32.2. The summed E-state index contributed by atoms with van der Waals surface area (Å²) in [5, 5.41) is 2.61. The molecule has 0 bridgehead atoms. The Balaban J connectivity index is 2.42. The van der Waals surface area contributed by atoms with Gasteiger partial charge in [0, 0.05) is 6.54 Å². The van der Waals surface area contributed by atoms with Crippen LogP contribution < -0.4 is 5.32 Å². The molecular formula is C9H11NO2S. The quantitative estimate of drug-likeness (QED) is 0.662. The molecule has 13 heavy (non-hydrogen) atoms. The summed E-state index contributed by atoms with van der Waals surface area (Å²) >= 11 is -1.82. The minimum atomic E-state index is -1.82. The van der Waals surface area contributed by atoms with Gasteiger partial charge in [0.25, 0.3) is 0 Å². The molecular weight excluding hydrogens is 186 g/mol. The van der Waals surface area contributed by atoms with Crippen molar-refractivity contribution in [3.05, 3.63) is 35.4 Å². The predicted octanol–water partition coefficient (Wildman–Crippen LogP) is 1.05. The molecule has 4 heteroatoms. The lowest BCUT2D eigenvalue weighted by molar-refractivity contribution is 0.516. The van der Waals surface area contributed by atoms with Gasteiger partial charge in [0.05, 0.1) is 0 Å². The molecule has 2 N–H and O–H groups in total. The minimum Gasteiger partial charge on any atom is -0.305 e. The molecule has 70 valence electrons. The first-order valence-electron chi connectivity index (χ1n) is 4.20. The Bertz CT molecular complexity index is 340. The van der Waals surface area contributed by atoms with Crippen LogP contribution in [0.3, 0.4) is 0 Å². The Kier molecular flexibility index (Phi) is 2.44. The molecule has 0 fully saturated rings. The van der Waals surface area contributed by atoms with E-state index in [0.717, 1.165) is 18.5 Å². The lowest BCUT2D eigenvalue weighted by Gasteiger charge is -2.23. The topological polar surface area (TPSA) is 49.3 Å². The molecule has 0 spiro atoms. The summed E-state index contributed by atoms with van der Waals surface area (Å²) < 4.78 is 20.0. The monoisotopic (exact) mass is 197 g/mol. The number of nitrogens with one attached hydrogen (secondary N) is 1. The summed E-state index contributed by atoms with van der Waals surface area (Å²) in [7, 11) is 0. The Morgan fingerprint density at radius 2 is 2.23 bits per heavy atom. The fourth-order valence-corrected chi connectivity index (χ4v) is 2.35. The summed E-state index contributed by atoms with van der Waals surface area (Å²) in [6.07, 6.45) is 0.934. The SMILES string of the molecule is O=S(O)C1NCCc2ccccc21. The van der Waals surface area contributed by atoms with Crippen molar-refractivity contribution in [1.29, 1.82) is 0 Å². The van der Waals surface area contributed by atoms with Gasteiger partial charge in [-0.1, -0.05) is 24.3 Å². The molecule has 1 aromatic carbocycles. The third kappa shape index (κ3) is 1.65. The Labute approximate surface area is 79.4 Å². The molecule has 1 aliphatic rings. The maximum atomic E-state index is 11.0. The standard InChI is InChI=1S/C9H11NO2S/c11-13(12)9-8-4-2-1-3-7(8)5-6-10-9/h1-4,9-10H,5-6H2,(H,11,12). The van der Waals surface area contributed by atoms with Gasteiger partial charge in [0.15, 0.2) is 11.1 Å². The van der Waals surface area contributed by atoms with E-state index in [2.05, 4.69) is 5.32 Å². The molecule has 0 aliphatic carbocycles. The molecule has 3 nitrogen and oxygen atoms in total. The van der Waals surface area contributed by atoms with Crippen LogP contribution in [0.5, 0.6) is 0 Å². The second-order valence-electron chi connectivity index (χ2n) is 3.06. The molecule has 2 rings (SSSR count). The average molecular weight is 197 g/mol. The molecule has 1 aliphatic heterocycles. The van der Waals surface area contributed by atoms with E-state index in [1.165, 1.54) is 5.56 Å². The second kappa shape index (κ2) is 3.57. The first kappa shape index (κ1) is 8.87. The van der Waals surface area contributed by atoms with Gasteiger partial charge in [0.2, 0.25) is 0 Å². The van der Waals surface area contributed by atoms with E-state index < -0.39 is 16.5 Å². The number of hydrogen-bond acceptors (Lipinski definition) is 2. The highest BCUT2D eigenvalue weighted by molar-refractivity contribution is 7.79. The zero-order valence-corrected chi connectivity index (χ0v) is 7.88. The van der Waals surface area contributed by atoms with Crippen molar-refractivity contribution >= 4 is 11.1 Å². The van der Waals surface area contributed by atoms with Gasteiger partial charge in [-0.15, -0.1) is 0 Å². The van der Waals surface area contributed by atoms with Crippen LogP contribution in [-0.2, 0) is 17.5 Å². The fourth-order valence-electron chi connectivity index (χ4n) is 1.65. The van der Waals surface area contributed by atoms with E-state index in [-0.39, 0.29) is 0 Å². The van der Waals surface area contributed by atoms with Gasteiger partial charge in [-0.25, -0.2) is 4.21 Å². The zero-order chi connectivity index (χ0) is 9.26. The molecule has 0 radical (unpaired) electrons. The number of hydrogen-bond donors (Lipinski definition) is 2. The lowest BCUT2D eigenvalue weighted by atomic mass is 10.0. The molecule has 0 saturated heterocycles. The summed E-state index contributed by atoms with van der Waals surface area (Å²) in [5.41, 5.74) is 2.13. The van der Waals surface area contributed by atoms with Gasteiger partial charge < -0.3 is 4.55 Å². The fraction of sp³-hybridized carbons (Fsp3) is 0.333. The van der Waals surface area contributed by atoms with E-state index in [1.54, 1.807) is 0 Å². The van der Waals surface area contributed by atoms with Crippen molar-refractivity contribution in [2.45, 2.75) is 11.8 Å². The zero-order valence-electron chi connectivity index (χ0n) is 7.06. The predicted molar refractivity (Wildman–Crippen MR) is 51.7 cm³/mol. The van der Waals surface area contributed by atoms with Crippen molar-refractivity contribution in [3.63, 3.8) is 0 Å². The van der Waals surface area contributed by atoms with Gasteiger partial charge in [-0.2, -0.15) is 0 Å². The van der Waals surface area contributed by atoms with Gasteiger partial charge in [-0.05, 0) is 17.5 Å². The highest BCUT2D eigenvalue weighted by Crippen LogP contribution is 2.23. The maximum Gasteiger partial charge on any atom is 0.175 e. The van der Waals surface area contributed by atoms with Crippen LogP contribution >= 0.6 is 0 Å². The van der Waals surface area contributed by atoms with Crippen molar-refractivity contribution in [3.8, 4) is 0 Å². The van der Waals surface area contributed by atoms with Crippen LogP contribution in [0.2, 0.25) is 0 Å². The summed E-state index contributed by atoms with van der Waals surface area (Å²) in [5.74, 6) is 0. The largest absolute Gasteiger partial charge is 0.305 e. The van der Waals surface area contributed by atoms with E-state index >= 15 is 0 Å². The Morgan fingerprint density at radius 3 is 3.00 bits per heavy atom. The average Bonchev–Trinajstić information content (AvgIpc) is 2.17. The van der Waals surface area contributed by atoms with E-state index in [4.69, 9.17) is 4.55 Å². The molecule has 2 unspecified atom stereocenters. The molecule has 2 atom stereocenters. The van der Waals surface area contributed by atoms with Gasteiger partial charge in [-0.3, -0.25) is 5.32 Å². The maximum absolute atomic E-state index is 11.0. The second-order valence-corrected chi connectivity index (χ2v) is 4.08. The molecule has 0 saturated carbocycles. The van der Waals surface area contributed by atoms with Crippen LogP contribution in [0.1, 0.15) is 16.5 Å². The first-order valence-corrected chi connectivity index (χ1v) is 5.37. The number of benzene rings is 1. The smallest absolute Gasteiger partial charge is 0.175 e. The van der Waals surface area contributed by atoms with E-state index in [9.17, 15) is 4.21 Å². The Hall–Kier alpha value is -0.710. The van der Waals surface area contributed by atoms with E-state index in [1.807, 2.05) is 24.3 Å². The minimum absolute atomic E-state index is 0.412. The molecule has 0 aromatic heterocycles. The van der Waals surface area contributed by atoms with E-state index in [0.29, 0.717) is 0 Å². The van der Waals surface area contributed by atoms with Crippen molar-refractivity contribution < 1.29 is 8.76 Å².